The van der Waals surface area contributed by atoms with Crippen molar-refractivity contribution in [3.05, 3.63) is 34.9 Å². The number of phenols is 1. The van der Waals surface area contributed by atoms with Crippen LogP contribution in [0.3, 0.4) is 0 Å². The molecular formula is C8H5NO4. The lowest BCUT2D eigenvalue weighted by molar-refractivity contribution is 0.335. The molecule has 0 saturated heterocycles. The van der Waals surface area contributed by atoms with Crippen LogP contribution in [0.2, 0.25) is 0 Å². The fourth-order valence-electron chi connectivity index (χ4n) is 0.954. The molecule has 0 aliphatic carbocycles. The first-order chi connectivity index (χ1) is 6.27. The van der Waals surface area contributed by atoms with Gasteiger partial charge in [0.25, 0.3) is 5.89 Å². The third-order valence-corrected chi connectivity index (χ3v) is 1.52. The van der Waals surface area contributed by atoms with Crippen LogP contribution < -0.4 is 5.82 Å². The van der Waals surface area contributed by atoms with Gasteiger partial charge in [-0.2, -0.15) is 0 Å². The molecule has 1 aromatic carbocycles. The summed E-state index contributed by atoms with van der Waals surface area (Å²) in [6.45, 7) is 0. The van der Waals surface area contributed by atoms with Crippen molar-refractivity contribution in [2.24, 2.45) is 0 Å². The highest BCUT2D eigenvalue weighted by molar-refractivity contribution is 5.61. The van der Waals surface area contributed by atoms with Gasteiger partial charge in [0.15, 0.2) is 0 Å². The van der Waals surface area contributed by atoms with Crippen LogP contribution in [-0.4, -0.2) is 10.3 Å². The van der Waals surface area contributed by atoms with Crippen LogP contribution in [0.5, 0.6) is 5.75 Å². The van der Waals surface area contributed by atoms with Gasteiger partial charge in [0.2, 0.25) is 0 Å². The average Bonchev–Trinajstić information content (AvgIpc) is 2.53. The number of nitrogens with zero attached hydrogens (tertiary/aromatic N) is 1. The highest BCUT2D eigenvalue weighted by Crippen LogP contribution is 2.25. The molecule has 0 amide bonds. The molecular weight excluding hydrogens is 174 g/mol. The lowest BCUT2D eigenvalue weighted by Gasteiger charge is -1.95. The number of benzene rings is 1. The smallest absolute Gasteiger partial charge is 0.507 e. The van der Waals surface area contributed by atoms with E-state index in [0.717, 1.165) is 0 Å². The van der Waals surface area contributed by atoms with E-state index >= 15 is 0 Å². The van der Waals surface area contributed by atoms with E-state index in [0.29, 0.717) is 5.56 Å². The molecule has 0 aliphatic rings. The molecule has 0 spiro atoms. The van der Waals surface area contributed by atoms with Gasteiger partial charge in [-0.1, -0.05) is 12.1 Å². The van der Waals surface area contributed by atoms with E-state index in [1.165, 1.54) is 6.07 Å². The number of rotatable bonds is 1. The predicted octanol–water partition coefficient (Wildman–Crippen LogP) is 1.00. The maximum absolute atomic E-state index is 10.5. The van der Waals surface area contributed by atoms with Crippen LogP contribution in [0, 0.1) is 0 Å². The second kappa shape index (κ2) is 2.78. The second-order valence-corrected chi connectivity index (χ2v) is 2.36. The molecule has 0 saturated carbocycles. The largest absolute Gasteiger partial charge is 0.542 e. The molecule has 2 aromatic rings. The summed E-state index contributed by atoms with van der Waals surface area (Å²) in [4.78, 5) is 10.5. The molecule has 0 atom stereocenters. The zero-order valence-electron chi connectivity index (χ0n) is 6.43. The van der Waals surface area contributed by atoms with Crippen molar-refractivity contribution in [1.29, 1.82) is 0 Å². The SMILES string of the molecule is O=c1onc(-c2ccccc2O)o1. The molecule has 13 heavy (non-hydrogen) atoms. The van der Waals surface area contributed by atoms with Crippen LogP contribution in [0.25, 0.3) is 11.5 Å². The van der Waals surface area contributed by atoms with Crippen molar-refractivity contribution in [1.82, 2.24) is 5.16 Å². The number of aromatic hydroxyl groups is 1. The molecule has 1 heterocycles. The van der Waals surface area contributed by atoms with Crippen LogP contribution in [0.4, 0.5) is 0 Å². The molecule has 0 bridgehead atoms. The first-order valence-electron chi connectivity index (χ1n) is 3.52. The third-order valence-electron chi connectivity index (χ3n) is 1.52. The minimum Gasteiger partial charge on any atom is -0.507 e. The topological polar surface area (TPSA) is 76.5 Å². The van der Waals surface area contributed by atoms with Gasteiger partial charge in [0.1, 0.15) is 5.75 Å². The predicted molar refractivity (Wildman–Crippen MR) is 42.1 cm³/mol. The van der Waals surface area contributed by atoms with E-state index in [4.69, 9.17) is 0 Å². The second-order valence-electron chi connectivity index (χ2n) is 2.36. The Balaban J connectivity index is 2.58. The van der Waals surface area contributed by atoms with Crippen molar-refractivity contribution >= 4 is 0 Å². The minimum absolute atomic E-state index is 0.0143. The van der Waals surface area contributed by atoms with Crippen LogP contribution in [0.15, 0.2) is 38.0 Å². The van der Waals surface area contributed by atoms with Crippen LogP contribution in [0.1, 0.15) is 0 Å². The lowest BCUT2D eigenvalue weighted by Crippen LogP contribution is -1.85. The average molecular weight is 179 g/mol. The van der Waals surface area contributed by atoms with Gasteiger partial charge in [0.05, 0.1) is 5.56 Å². The van der Waals surface area contributed by atoms with Crippen LogP contribution in [-0.2, 0) is 0 Å². The van der Waals surface area contributed by atoms with E-state index < -0.39 is 5.82 Å². The summed E-state index contributed by atoms with van der Waals surface area (Å²) >= 11 is 0. The monoisotopic (exact) mass is 179 g/mol. The highest BCUT2D eigenvalue weighted by atomic mass is 16.6. The fraction of sp³-hybridized carbons (Fsp3) is 0. The van der Waals surface area contributed by atoms with E-state index in [1.807, 2.05) is 0 Å². The quantitative estimate of drug-likeness (QED) is 0.706. The normalized spacial score (nSPS) is 10.2. The van der Waals surface area contributed by atoms with Crippen molar-refractivity contribution in [2.75, 3.05) is 0 Å². The van der Waals surface area contributed by atoms with Gasteiger partial charge < -0.3 is 9.52 Å². The minimum atomic E-state index is -0.891. The molecule has 1 N–H and O–H groups in total. The van der Waals surface area contributed by atoms with Crippen molar-refractivity contribution in [3.8, 4) is 17.2 Å². The molecule has 5 nitrogen and oxygen atoms in total. The summed E-state index contributed by atoms with van der Waals surface area (Å²) in [7, 11) is 0. The number of phenolic OH excluding ortho intramolecular Hbond substituents is 1. The molecule has 66 valence electrons. The lowest BCUT2D eigenvalue weighted by atomic mass is 10.2. The Kier molecular flexibility index (Phi) is 1.63. The fourth-order valence-corrected chi connectivity index (χ4v) is 0.954. The Morgan fingerprint density at radius 2 is 2.08 bits per heavy atom. The van der Waals surface area contributed by atoms with E-state index in [2.05, 4.69) is 14.1 Å². The van der Waals surface area contributed by atoms with Gasteiger partial charge >= 0.3 is 5.82 Å². The Morgan fingerprint density at radius 3 is 2.69 bits per heavy atom. The van der Waals surface area contributed by atoms with Gasteiger partial charge in [0, 0.05) is 0 Å². The first-order valence-corrected chi connectivity index (χ1v) is 3.52. The molecule has 0 unspecified atom stereocenters. The Morgan fingerprint density at radius 1 is 1.31 bits per heavy atom. The molecule has 0 radical (unpaired) electrons. The van der Waals surface area contributed by atoms with E-state index in [1.54, 1.807) is 18.2 Å². The van der Waals surface area contributed by atoms with E-state index in [-0.39, 0.29) is 11.6 Å². The maximum atomic E-state index is 10.5. The van der Waals surface area contributed by atoms with E-state index in [9.17, 15) is 9.90 Å². The molecule has 0 aliphatic heterocycles. The summed E-state index contributed by atoms with van der Waals surface area (Å²) in [5.74, 6) is -0.930. The summed E-state index contributed by atoms with van der Waals surface area (Å²) < 4.78 is 8.75. The van der Waals surface area contributed by atoms with Crippen molar-refractivity contribution < 1.29 is 14.0 Å². The van der Waals surface area contributed by atoms with Crippen molar-refractivity contribution in [2.45, 2.75) is 0 Å². The maximum Gasteiger partial charge on any atom is 0.542 e. The first kappa shape index (κ1) is 7.60. The zero-order chi connectivity index (χ0) is 9.26. The summed E-state index contributed by atoms with van der Waals surface area (Å²) in [6.07, 6.45) is 0. The number of hydrogen-bond donors (Lipinski definition) is 1. The molecule has 1 aromatic heterocycles. The Bertz CT molecular complexity index is 471. The Labute approximate surface area is 72.2 Å². The number of hydrogen-bond acceptors (Lipinski definition) is 5. The Hall–Kier alpha value is -2.04. The third kappa shape index (κ3) is 1.31. The zero-order valence-corrected chi connectivity index (χ0v) is 6.43. The van der Waals surface area contributed by atoms with Crippen molar-refractivity contribution in [3.63, 3.8) is 0 Å². The van der Waals surface area contributed by atoms with Gasteiger partial charge in [-0.3, -0.25) is 4.52 Å². The molecule has 0 fully saturated rings. The summed E-state index contributed by atoms with van der Waals surface area (Å²) in [6, 6.07) is 6.36. The molecule has 5 heteroatoms. The number of aromatic nitrogens is 1. The highest BCUT2D eigenvalue weighted by Gasteiger charge is 2.10. The summed E-state index contributed by atoms with van der Waals surface area (Å²) in [5.41, 5.74) is 0.327. The number of para-hydroxylation sites is 1. The molecule has 2 rings (SSSR count). The van der Waals surface area contributed by atoms with Gasteiger partial charge in [-0.15, -0.1) is 0 Å². The standard InChI is InChI=1S/C8H5NO4/c10-6-4-2-1-3-5(6)7-9-13-8(11)12-7/h1-4,10H. The summed E-state index contributed by atoms with van der Waals surface area (Å²) in [5, 5.41) is 12.7. The van der Waals surface area contributed by atoms with Gasteiger partial charge in [-0.05, 0) is 17.3 Å². The van der Waals surface area contributed by atoms with Gasteiger partial charge in [-0.25, -0.2) is 4.79 Å². The van der Waals surface area contributed by atoms with Crippen LogP contribution >= 0.6 is 0 Å².